The molecule has 158 valence electrons. The Morgan fingerprint density at radius 1 is 1.19 bits per heavy atom. The number of nitrogens with zero attached hydrogens (tertiary/aromatic N) is 8. The number of hydrogen-bond donors (Lipinski definition) is 1. The van der Waals surface area contributed by atoms with Crippen LogP contribution in [0.3, 0.4) is 0 Å². The molecule has 4 aromatic heterocycles. The number of aromatic nitrogens is 7. The maximum atomic E-state index is 12.0. The molecule has 0 saturated carbocycles. The largest absolute Gasteiger partial charge is 0.351 e. The van der Waals surface area contributed by atoms with Crippen molar-refractivity contribution in [1.29, 1.82) is 0 Å². The van der Waals surface area contributed by atoms with E-state index in [9.17, 15) is 4.79 Å². The third-order valence-corrected chi connectivity index (χ3v) is 5.95. The summed E-state index contributed by atoms with van der Waals surface area (Å²) >= 11 is 6.49. The van der Waals surface area contributed by atoms with Gasteiger partial charge < -0.3 is 5.73 Å². The second kappa shape index (κ2) is 6.74. The van der Waals surface area contributed by atoms with Crippen molar-refractivity contribution in [3.8, 4) is 16.9 Å². The van der Waals surface area contributed by atoms with E-state index in [1.165, 1.54) is 4.80 Å². The molecule has 0 bridgehead atoms. The van der Waals surface area contributed by atoms with Crippen molar-refractivity contribution in [2.75, 3.05) is 11.4 Å². The molecular weight excluding hydrogens is 418 g/mol. The highest BCUT2D eigenvalue weighted by Gasteiger charge is 2.37. The van der Waals surface area contributed by atoms with Gasteiger partial charge in [0.2, 0.25) is 0 Å². The molecule has 31 heavy (non-hydrogen) atoms. The second-order valence-electron chi connectivity index (χ2n) is 8.16. The zero-order valence-electron chi connectivity index (χ0n) is 17.2. The number of carbonyl (C=O) groups is 1. The number of halogens is 1. The van der Waals surface area contributed by atoms with Crippen LogP contribution in [-0.4, -0.2) is 47.2 Å². The Balaban J connectivity index is 1.71. The molecule has 10 nitrogen and oxygen atoms in total. The average Bonchev–Trinajstić information content (AvgIpc) is 3.34. The summed E-state index contributed by atoms with van der Waals surface area (Å²) in [5.74, 6) is 0.438. The van der Waals surface area contributed by atoms with Crippen LogP contribution in [-0.2, 0) is 5.41 Å². The minimum Gasteiger partial charge on any atom is -0.351 e. The van der Waals surface area contributed by atoms with Crippen LogP contribution in [0.25, 0.3) is 22.6 Å². The zero-order chi connectivity index (χ0) is 21.9. The van der Waals surface area contributed by atoms with Gasteiger partial charge in [-0.3, -0.25) is 4.90 Å². The smallest absolute Gasteiger partial charge is 0.319 e. The first-order chi connectivity index (χ1) is 14.8. The standard InChI is InChI=1S/C20H20ClN9O/c1-11-15(12-8-13(21)17(23-9-12)30-25-5-6-26-30)18-24-10-14-16(29(18)27-11)20(2,3)4-7-28(14)19(22)31/h5-6,8-10H,4,7H2,1-3H3,(H2,22,31). The summed E-state index contributed by atoms with van der Waals surface area (Å²) in [5.41, 5.74) is 10.0. The lowest BCUT2D eigenvalue weighted by molar-refractivity contribution is 0.252. The van der Waals surface area contributed by atoms with Crippen molar-refractivity contribution >= 4 is 29.0 Å². The number of aryl methyl sites for hydroxylation is 1. The van der Waals surface area contributed by atoms with E-state index in [0.29, 0.717) is 28.7 Å². The van der Waals surface area contributed by atoms with Crippen LogP contribution in [0.5, 0.6) is 0 Å². The van der Waals surface area contributed by atoms with E-state index in [4.69, 9.17) is 22.4 Å². The lowest BCUT2D eigenvalue weighted by Crippen LogP contribution is -2.45. The number of pyridine rings is 1. The van der Waals surface area contributed by atoms with Gasteiger partial charge in [0.05, 0.1) is 46.3 Å². The summed E-state index contributed by atoms with van der Waals surface area (Å²) in [6.45, 7) is 6.71. The summed E-state index contributed by atoms with van der Waals surface area (Å²) in [6, 6.07) is 1.31. The molecule has 1 aliphatic rings. The molecule has 5 heterocycles. The van der Waals surface area contributed by atoms with Crippen molar-refractivity contribution in [2.24, 2.45) is 5.73 Å². The fourth-order valence-corrected chi connectivity index (χ4v) is 4.39. The summed E-state index contributed by atoms with van der Waals surface area (Å²) in [6.07, 6.45) is 7.28. The third-order valence-electron chi connectivity index (χ3n) is 5.68. The molecule has 1 aliphatic heterocycles. The Labute approximate surface area is 182 Å². The molecule has 11 heteroatoms. The normalized spacial score (nSPS) is 15.3. The number of urea groups is 1. The molecule has 0 saturated heterocycles. The van der Waals surface area contributed by atoms with Crippen LogP contribution in [0, 0.1) is 6.92 Å². The summed E-state index contributed by atoms with van der Waals surface area (Å²) < 4.78 is 1.81. The molecule has 0 spiro atoms. The Kier molecular flexibility index (Phi) is 4.23. The van der Waals surface area contributed by atoms with Gasteiger partial charge in [-0.2, -0.15) is 15.3 Å². The summed E-state index contributed by atoms with van der Waals surface area (Å²) in [4.78, 5) is 24.0. The van der Waals surface area contributed by atoms with E-state index in [1.807, 2.05) is 11.4 Å². The number of hydrogen-bond acceptors (Lipinski definition) is 6. The zero-order valence-corrected chi connectivity index (χ0v) is 18.0. The highest BCUT2D eigenvalue weighted by Crippen LogP contribution is 2.41. The van der Waals surface area contributed by atoms with Gasteiger partial charge in [-0.15, -0.1) is 4.80 Å². The van der Waals surface area contributed by atoms with E-state index in [-0.39, 0.29) is 5.41 Å². The molecule has 0 radical (unpaired) electrons. The predicted molar refractivity (Wildman–Crippen MR) is 115 cm³/mol. The van der Waals surface area contributed by atoms with Crippen molar-refractivity contribution in [2.45, 2.75) is 32.6 Å². The SMILES string of the molecule is Cc1nn2c3c(cnc2c1-c1cnc(-n2nccn2)c(Cl)c1)N(C(N)=O)CCC3(C)C. The maximum absolute atomic E-state index is 12.0. The summed E-state index contributed by atoms with van der Waals surface area (Å²) in [5, 5.41) is 13.3. The lowest BCUT2D eigenvalue weighted by atomic mass is 9.81. The van der Waals surface area contributed by atoms with Crippen molar-refractivity contribution < 1.29 is 4.79 Å². The van der Waals surface area contributed by atoms with Crippen LogP contribution in [0.4, 0.5) is 10.5 Å². The van der Waals surface area contributed by atoms with Gasteiger partial charge in [0.15, 0.2) is 11.5 Å². The number of fused-ring (bicyclic) bond motifs is 3. The lowest BCUT2D eigenvalue weighted by Gasteiger charge is -2.37. The Bertz CT molecular complexity index is 1330. The van der Waals surface area contributed by atoms with Gasteiger partial charge in [-0.25, -0.2) is 19.3 Å². The quantitative estimate of drug-likeness (QED) is 0.514. The molecular formula is C20H20ClN9O. The van der Waals surface area contributed by atoms with Crippen LogP contribution in [0.1, 0.15) is 31.7 Å². The third kappa shape index (κ3) is 2.94. The fourth-order valence-electron chi connectivity index (χ4n) is 4.15. The molecule has 0 unspecified atom stereocenters. The van der Waals surface area contributed by atoms with Crippen molar-refractivity contribution in [3.05, 3.63) is 47.3 Å². The summed E-state index contributed by atoms with van der Waals surface area (Å²) in [7, 11) is 0. The van der Waals surface area contributed by atoms with Gasteiger partial charge in [-0.05, 0) is 19.4 Å². The van der Waals surface area contributed by atoms with Crippen LogP contribution >= 0.6 is 11.6 Å². The molecule has 2 N–H and O–H groups in total. The molecule has 0 fully saturated rings. The predicted octanol–water partition coefficient (Wildman–Crippen LogP) is 2.90. The monoisotopic (exact) mass is 437 g/mol. The molecule has 0 aliphatic carbocycles. The van der Waals surface area contributed by atoms with Gasteiger partial charge in [-0.1, -0.05) is 25.4 Å². The number of carbonyl (C=O) groups excluding carboxylic acids is 1. The van der Waals surface area contributed by atoms with E-state index in [1.54, 1.807) is 35.8 Å². The first kappa shape index (κ1) is 19.4. The van der Waals surface area contributed by atoms with E-state index in [2.05, 4.69) is 34.0 Å². The van der Waals surface area contributed by atoms with Crippen molar-refractivity contribution in [3.63, 3.8) is 0 Å². The Morgan fingerprint density at radius 3 is 2.61 bits per heavy atom. The highest BCUT2D eigenvalue weighted by molar-refractivity contribution is 6.32. The number of amides is 2. The van der Waals surface area contributed by atoms with E-state index < -0.39 is 6.03 Å². The molecule has 2 amide bonds. The van der Waals surface area contributed by atoms with Gasteiger partial charge in [0.25, 0.3) is 0 Å². The number of rotatable bonds is 2. The first-order valence-electron chi connectivity index (χ1n) is 9.76. The second-order valence-corrected chi connectivity index (χ2v) is 8.57. The van der Waals surface area contributed by atoms with Gasteiger partial charge in [0, 0.05) is 23.7 Å². The number of primary amides is 1. The van der Waals surface area contributed by atoms with Gasteiger partial charge >= 0.3 is 6.03 Å². The first-order valence-corrected chi connectivity index (χ1v) is 10.1. The van der Waals surface area contributed by atoms with E-state index >= 15 is 0 Å². The average molecular weight is 438 g/mol. The maximum Gasteiger partial charge on any atom is 0.319 e. The number of nitrogens with two attached hydrogens (primary N) is 1. The van der Waals surface area contributed by atoms with Crippen molar-refractivity contribution in [1.82, 2.24) is 34.6 Å². The number of anilines is 1. The molecule has 0 aromatic carbocycles. The minimum absolute atomic E-state index is 0.219. The Hall–Kier alpha value is -3.53. The minimum atomic E-state index is -0.499. The fraction of sp³-hybridized carbons (Fsp3) is 0.300. The van der Waals surface area contributed by atoms with Crippen LogP contribution in [0.2, 0.25) is 5.02 Å². The van der Waals surface area contributed by atoms with E-state index in [0.717, 1.165) is 28.9 Å². The highest BCUT2D eigenvalue weighted by atomic mass is 35.5. The Morgan fingerprint density at radius 2 is 1.94 bits per heavy atom. The van der Waals surface area contributed by atoms with Crippen LogP contribution < -0.4 is 10.6 Å². The topological polar surface area (TPSA) is 120 Å². The molecule has 4 aromatic rings. The molecule has 0 atom stereocenters. The van der Waals surface area contributed by atoms with Crippen LogP contribution in [0.15, 0.2) is 30.9 Å². The van der Waals surface area contributed by atoms with Gasteiger partial charge in [0.1, 0.15) is 0 Å². The molecule has 5 rings (SSSR count).